The lowest BCUT2D eigenvalue weighted by molar-refractivity contribution is -0.151. The summed E-state index contributed by atoms with van der Waals surface area (Å²) in [6.07, 6.45) is -3.98. The van der Waals surface area contributed by atoms with Gasteiger partial charge in [-0.2, -0.15) is 13.2 Å². The zero-order chi connectivity index (χ0) is 22.6. The Morgan fingerprint density at radius 2 is 1.81 bits per heavy atom. The number of para-hydroxylation sites is 2. The fourth-order valence-electron chi connectivity index (χ4n) is 3.45. The molecule has 2 aromatic rings. The van der Waals surface area contributed by atoms with Gasteiger partial charge in [-0.15, -0.1) is 0 Å². The largest absolute Gasteiger partial charge is 0.455 e. The van der Waals surface area contributed by atoms with Gasteiger partial charge in [0.25, 0.3) is 5.91 Å². The van der Waals surface area contributed by atoms with Gasteiger partial charge in [0, 0.05) is 18.7 Å². The van der Waals surface area contributed by atoms with Crippen LogP contribution in [0.4, 0.5) is 24.5 Å². The number of anilines is 2. The lowest BCUT2D eigenvalue weighted by Gasteiger charge is -2.19. The second-order valence-corrected chi connectivity index (χ2v) is 7.09. The van der Waals surface area contributed by atoms with Crippen LogP contribution in [-0.4, -0.2) is 30.9 Å². The Morgan fingerprint density at radius 1 is 1.13 bits per heavy atom. The van der Waals surface area contributed by atoms with Gasteiger partial charge in [0.15, 0.2) is 6.61 Å². The second kappa shape index (κ2) is 9.20. The quantitative estimate of drug-likeness (QED) is 0.702. The van der Waals surface area contributed by atoms with E-state index in [9.17, 15) is 27.6 Å². The van der Waals surface area contributed by atoms with E-state index < -0.39 is 41.8 Å². The van der Waals surface area contributed by atoms with Crippen molar-refractivity contribution in [2.24, 2.45) is 5.92 Å². The van der Waals surface area contributed by atoms with Crippen LogP contribution in [0, 0.1) is 5.92 Å². The van der Waals surface area contributed by atoms with E-state index in [1.807, 2.05) is 19.1 Å². The molecular formula is C22H21F3N2O4. The number of carbonyl (C=O) groups is 3. The van der Waals surface area contributed by atoms with Crippen molar-refractivity contribution in [2.75, 3.05) is 23.4 Å². The number of alkyl halides is 3. The lowest BCUT2D eigenvalue weighted by atomic mass is 10.1. The van der Waals surface area contributed by atoms with Crippen molar-refractivity contribution in [3.8, 4) is 0 Å². The molecule has 0 aromatic heterocycles. The second-order valence-electron chi connectivity index (χ2n) is 7.09. The summed E-state index contributed by atoms with van der Waals surface area (Å²) in [4.78, 5) is 38.3. The molecule has 1 fully saturated rings. The summed E-state index contributed by atoms with van der Waals surface area (Å²) in [5, 5.41) is 2.11. The molecule has 2 aromatic carbocycles. The van der Waals surface area contributed by atoms with E-state index in [2.05, 4.69) is 5.32 Å². The molecule has 0 aliphatic carbocycles. The number of rotatable bonds is 6. The Labute approximate surface area is 177 Å². The Balaban J connectivity index is 1.58. The van der Waals surface area contributed by atoms with E-state index in [1.54, 1.807) is 12.1 Å². The number of hydrogen-bond donors (Lipinski definition) is 1. The Bertz CT molecular complexity index is 991. The Hall–Kier alpha value is -3.36. The first-order chi connectivity index (χ1) is 14.7. The van der Waals surface area contributed by atoms with Gasteiger partial charge in [-0.3, -0.25) is 14.4 Å². The van der Waals surface area contributed by atoms with E-state index in [0.29, 0.717) is 6.42 Å². The highest BCUT2D eigenvalue weighted by Gasteiger charge is 2.37. The van der Waals surface area contributed by atoms with Gasteiger partial charge in [-0.25, -0.2) is 0 Å². The van der Waals surface area contributed by atoms with Gasteiger partial charge >= 0.3 is 12.1 Å². The standard InChI is InChI=1S/C22H21F3N2O4/c1-2-14-7-3-6-10-18(14)27-12-15(11-20(27)29)21(30)31-13-19(28)26-17-9-5-4-8-16(17)22(23,24)25/h3-10,15H,2,11-13H2,1H3,(H,26,28)/t15-/m0/s1. The molecule has 0 spiro atoms. The maximum absolute atomic E-state index is 13.0. The predicted octanol–water partition coefficient (Wildman–Crippen LogP) is 3.80. The summed E-state index contributed by atoms with van der Waals surface area (Å²) in [5.74, 6) is -2.63. The maximum atomic E-state index is 13.0. The van der Waals surface area contributed by atoms with Crippen LogP contribution in [0.2, 0.25) is 0 Å². The molecule has 0 radical (unpaired) electrons. The molecule has 1 aliphatic rings. The third-order valence-electron chi connectivity index (χ3n) is 4.97. The molecule has 1 N–H and O–H groups in total. The van der Waals surface area contributed by atoms with E-state index in [-0.39, 0.29) is 18.9 Å². The van der Waals surface area contributed by atoms with Crippen molar-refractivity contribution in [3.63, 3.8) is 0 Å². The first-order valence-electron chi connectivity index (χ1n) is 9.71. The van der Waals surface area contributed by atoms with Crippen LogP contribution in [0.5, 0.6) is 0 Å². The number of benzene rings is 2. The maximum Gasteiger partial charge on any atom is 0.418 e. The summed E-state index contributed by atoms with van der Waals surface area (Å²) >= 11 is 0. The third-order valence-corrected chi connectivity index (χ3v) is 4.97. The van der Waals surface area contributed by atoms with Crippen molar-refractivity contribution in [1.29, 1.82) is 0 Å². The predicted molar refractivity (Wildman–Crippen MR) is 107 cm³/mol. The number of nitrogens with zero attached hydrogens (tertiary/aromatic N) is 1. The average molecular weight is 434 g/mol. The molecule has 31 heavy (non-hydrogen) atoms. The van der Waals surface area contributed by atoms with Crippen LogP contribution in [0.3, 0.4) is 0 Å². The molecule has 0 saturated carbocycles. The number of halogens is 3. The molecule has 1 saturated heterocycles. The summed E-state index contributed by atoms with van der Waals surface area (Å²) in [5.41, 5.74) is 0.273. The first-order valence-corrected chi connectivity index (χ1v) is 9.71. The normalized spacial score (nSPS) is 16.3. The van der Waals surface area contributed by atoms with Crippen LogP contribution in [0.25, 0.3) is 0 Å². The van der Waals surface area contributed by atoms with Crippen molar-refractivity contribution in [1.82, 2.24) is 0 Å². The average Bonchev–Trinajstić information content (AvgIpc) is 3.13. The molecule has 1 aliphatic heterocycles. The summed E-state index contributed by atoms with van der Waals surface area (Å²) < 4.78 is 44.0. The molecule has 2 amide bonds. The molecule has 0 bridgehead atoms. The number of ether oxygens (including phenoxy) is 1. The zero-order valence-electron chi connectivity index (χ0n) is 16.7. The van der Waals surface area contributed by atoms with Crippen LogP contribution >= 0.6 is 0 Å². The van der Waals surface area contributed by atoms with Gasteiger partial charge < -0.3 is 15.0 Å². The Kier molecular flexibility index (Phi) is 6.62. The first kappa shape index (κ1) is 22.3. The van der Waals surface area contributed by atoms with E-state index in [4.69, 9.17) is 4.74 Å². The fraction of sp³-hybridized carbons (Fsp3) is 0.318. The van der Waals surface area contributed by atoms with E-state index in [0.717, 1.165) is 23.4 Å². The van der Waals surface area contributed by atoms with Crippen molar-refractivity contribution in [3.05, 3.63) is 59.7 Å². The minimum absolute atomic E-state index is 0.0601. The molecule has 3 rings (SSSR count). The van der Waals surface area contributed by atoms with Crippen molar-refractivity contribution < 1.29 is 32.3 Å². The zero-order valence-corrected chi connectivity index (χ0v) is 16.7. The fourth-order valence-corrected chi connectivity index (χ4v) is 3.45. The molecule has 1 heterocycles. The van der Waals surface area contributed by atoms with Gasteiger partial charge in [-0.05, 0) is 30.2 Å². The van der Waals surface area contributed by atoms with Crippen LogP contribution < -0.4 is 10.2 Å². The third kappa shape index (κ3) is 5.22. The van der Waals surface area contributed by atoms with Crippen LogP contribution in [0.1, 0.15) is 24.5 Å². The van der Waals surface area contributed by atoms with Gasteiger partial charge in [0.05, 0.1) is 17.2 Å². The molecule has 164 valence electrons. The molecule has 1 atom stereocenters. The van der Waals surface area contributed by atoms with E-state index in [1.165, 1.54) is 17.0 Å². The van der Waals surface area contributed by atoms with Crippen LogP contribution in [-0.2, 0) is 31.7 Å². The Morgan fingerprint density at radius 3 is 2.52 bits per heavy atom. The SMILES string of the molecule is CCc1ccccc1N1C[C@@H](C(=O)OCC(=O)Nc2ccccc2C(F)(F)F)CC1=O. The number of amides is 2. The highest BCUT2D eigenvalue weighted by atomic mass is 19.4. The number of esters is 1. The minimum Gasteiger partial charge on any atom is -0.455 e. The molecule has 0 unspecified atom stereocenters. The molecule has 9 heteroatoms. The monoisotopic (exact) mass is 434 g/mol. The van der Waals surface area contributed by atoms with Crippen molar-refractivity contribution in [2.45, 2.75) is 25.9 Å². The van der Waals surface area contributed by atoms with E-state index >= 15 is 0 Å². The van der Waals surface area contributed by atoms with Gasteiger partial charge in [0.1, 0.15) is 0 Å². The summed E-state index contributed by atoms with van der Waals surface area (Å²) in [7, 11) is 0. The number of aryl methyl sites for hydroxylation is 1. The van der Waals surface area contributed by atoms with Gasteiger partial charge in [0.2, 0.25) is 5.91 Å². The topological polar surface area (TPSA) is 75.7 Å². The van der Waals surface area contributed by atoms with Crippen molar-refractivity contribution >= 4 is 29.2 Å². The molecular weight excluding hydrogens is 413 g/mol. The summed E-state index contributed by atoms with van der Waals surface area (Å²) in [6, 6.07) is 11.9. The number of carbonyl (C=O) groups excluding carboxylic acids is 3. The van der Waals surface area contributed by atoms with Crippen LogP contribution in [0.15, 0.2) is 48.5 Å². The highest BCUT2D eigenvalue weighted by Crippen LogP contribution is 2.34. The number of nitrogens with one attached hydrogen (secondary N) is 1. The summed E-state index contributed by atoms with van der Waals surface area (Å²) in [6.45, 7) is 1.33. The van der Waals surface area contributed by atoms with Gasteiger partial charge in [-0.1, -0.05) is 37.3 Å². The molecule has 6 nitrogen and oxygen atoms in total. The number of hydrogen-bond acceptors (Lipinski definition) is 4. The minimum atomic E-state index is -4.64. The lowest BCUT2D eigenvalue weighted by Crippen LogP contribution is -2.29. The highest BCUT2D eigenvalue weighted by molar-refractivity contribution is 6.00. The smallest absolute Gasteiger partial charge is 0.418 e.